The number of aromatic nitrogens is 1. The molecule has 0 aliphatic carbocycles. The van der Waals surface area contributed by atoms with E-state index in [9.17, 15) is 4.39 Å². The van der Waals surface area contributed by atoms with E-state index in [0.717, 1.165) is 5.69 Å². The van der Waals surface area contributed by atoms with Crippen LogP contribution in [0, 0.1) is 12.7 Å². The van der Waals surface area contributed by atoms with Crippen LogP contribution in [0.2, 0.25) is 0 Å². The number of benzene rings is 1. The number of halogens is 1. The van der Waals surface area contributed by atoms with Crippen LogP contribution in [-0.2, 0) is 0 Å². The molecule has 2 rings (SSSR count). The van der Waals surface area contributed by atoms with Gasteiger partial charge in [0.15, 0.2) is 0 Å². The summed E-state index contributed by atoms with van der Waals surface area (Å²) in [5, 5.41) is 3.08. The van der Waals surface area contributed by atoms with Gasteiger partial charge in [0.2, 0.25) is 0 Å². The lowest BCUT2D eigenvalue weighted by Crippen LogP contribution is -1.93. The molecule has 0 radical (unpaired) electrons. The SMILES string of the molecule is Cc1ccc(Nc2ccc(F)cn2)cc1. The molecule has 0 saturated heterocycles. The first-order valence-electron chi connectivity index (χ1n) is 4.69. The van der Waals surface area contributed by atoms with Crippen molar-refractivity contribution in [2.24, 2.45) is 0 Å². The average Bonchev–Trinajstić information content (AvgIpc) is 2.25. The van der Waals surface area contributed by atoms with Crippen LogP contribution in [0.15, 0.2) is 42.6 Å². The molecule has 1 heterocycles. The van der Waals surface area contributed by atoms with Crippen LogP contribution >= 0.6 is 0 Å². The van der Waals surface area contributed by atoms with E-state index in [1.165, 1.54) is 17.8 Å². The van der Waals surface area contributed by atoms with Gasteiger partial charge >= 0.3 is 0 Å². The molecule has 0 saturated carbocycles. The third kappa shape index (κ3) is 2.53. The highest BCUT2D eigenvalue weighted by Gasteiger charge is 1.95. The summed E-state index contributed by atoms with van der Waals surface area (Å²) < 4.78 is 12.6. The lowest BCUT2D eigenvalue weighted by molar-refractivity contribution is 0.622. The van der Waals surface area contributed by atoms with Crippen molar-refractivity contribution in [3.8, 4) is 0 Å². The highest BCUT2D eigenvalue weighted by atomic mass is 19.1. The Kier molecular flexibility index (Phi) is 2.63. The van der Waals surface area contributed by atoms with Gasteiger partial charge in [-0.25, -0.2) is 9.37 Å². The van der Waals surface area contributed by atoms with E-state index >= 15 is 0 Å². The van der Waals surface area contributed by atoms with E-state index in [1.807, 2.05) is 31.2 Å². The predicted molar refractivity (Wildman–Crippen MR) is 58.7 cm³/mol. The molecule has 1 N–H and O–H groups in total. The van der Waals surface area contributed by atoms with Gasteiger partial charge < -0.3 is 5.32 Å². The van der Waals surface area contributed by atoms with Gasteiger partial charge in [-0.2, -0.15) is 0 Å². The Morgan fingerprint density at radius 1 is 1.07 bits per heavy atom. The maximum absolute atomic E-state index is 12.6. The third-order valence-corrected chi connectivity index (χ3v) is 2.05. The Labute approximate surface area is 87.8 Å². The molecule has 0 atom stereocenters. The number of nitrogens with one attached hydrogen (secondary N) is 1. The van der Waals surface area contributed by atoms with Gasteiger partial charge in [0.25, 0.3) is 0 Å². The quantitative estimate of drug-likeness (QED) is 0.808. The molecule has 0 unspecified atom stereocenters. The first kappa shape index (κ1) is 9.65. The van der Waals surface area contributed by atoms with Crippen molar-refractivity contribution < 1.29 is 4.39 Å². The normalized spacial score (nSPS) is 10.0. The Hall–Kier alpha value is -1.90. The Morgan fingerprint density at radius 3 is 2.40 bits per heavy atom. The van der Waals surface area contributed by atoms with Crippen molar-refractivity contribution in [3.63, 3.8) is 0 Å². The minimum absolute atomic E-state index is 0.329. The summed E-state index contributed by atoms with van der Waals surface area (Å²) in [6.07, 6.45) is 1.19. The van der Waals surface area contributed by atoms with Gasteiger partial charge in [-0.3, -0.25) is 0 Å². The monoisotopic (exact) mass is 202 g/mol. The fourth-order valence-electron chi connectivity index (χ4n) is 1.23. The summed E-state index contributed by atoms with van der Waals surface area (Å²) in [5.41, 5.74) is 2.15. The largest absolute Gasteiger partial charge is 0.340 e. The molecule has 3 heteroatoms. The lowest BCUT2D eigenvalue weighted by atomic mass is 10.2. The fourth-order valence-corrected chi connectivity index (χ4v) is 1.23. The first-order chi connectivity index (χ1) is 7.24. The summed E-state index contributed by atoms with van der Waals surface area (Å²) in [6.45, 7) is 2.03. The number of rotatable bonds is 2. The zero-order chi connectivity index (χ0) is 10.7. The minimum atomic E-state index is -0.329. The van der Waals surface area contributed by atoms with Gasteiger partial charge in [-0.05, 0) is 31.2 Å². The standard InChI is InChI=1S/C12H11FN2/c1-9-2-5-11(6-3-9)15-12-7-4-10(13)8-14-12/h2-8H,1H3,(H,14,15). The fraction of sp³-hybridized carbons (Fsp3) is 0.0833. The van der Waals surface area contributed by atoms with E-state index in [1.54, 1.807) is 6.07 Å². The molecule has 76 valence electrons. The molecule has 1 aromatic heterocycles. The zero-order valence-electron chi connectivity index (χ0n) is 8.37. The van der Waals surface area contributed by atoms with Gasteiger partial charge in [-0.15, -0.1) is 0 Å². The topological polar surface area (TPSA) is 24.9 Å². The second kappa shape index (κ2) is 4.09. The molecule has 2 aromatic rings. The van der Waals surface area contributed by atoms with Crippen molar-refractivity contribution in [2.45, 2.75) is 6.92 Å². The highest BCUT2D eigenvalue weighted by Crippen LogP contribution is 2.14. The Bertz CT molecular complexity index is 391. The molecule has 1 aromatic carbocycles. The van der Waals surface area contributed by atoms with Crippen LogP contribution in [0.1, 0.15) is 5.56 Å². The van der Waals surface area contributed by atoms with Crippen molar-refractivity contribution in [1.82, 2.24) is 4.98 Å². The summed E-state index contributed by atoms with van der Waals surface area (Å²) in [7, 11) is 0. The second-order valence-corrected chi connectivity index (χ2v) is 3.35. The van der Waals surface area contributed by atoms with Crippen LogP contribution in [0.3, 0.4) is 0 Å². The molecule has 15 heavy (non-hydrogen) atoms. The van der Waals surface area contributed by atoms with Crippen molar-refractivity contribution >= 4 is 11.5 Å². The number of pyridine rings is 1. The van der Waals surface area contributed by atoms with Gasteiger partial charge in [0.05, 0.1) is 6.20 Å². The van der Waals surface area contributed by atoms with Gasteiger partial charge in [-0.1, -0.05) is 17.7 Å². The Balaban J connectivity index is 2.15. The molecule has 0 amide bonds. The van der Waals surface area contributed by atoms with E-state index in [-0.39, 0.29) is 5.82 Å². The van der Waals surface area contributed by atoms with Crippen LogP contribution in [-0.4, -0.2) is 4.98 Å². The molecule has 0 aliphatic heterocycles. The summed E-state index contributed by atoms with van der Waals surface area (Å²) in [5.74, 6) is 0.310. The molecular weight excluding hydrogens is 191 g/mol. The van der Waals surface area contributed by atoms with Crippen LogP contribution in [0.25, 0.3) is 0 Å². The average molecular weight is 202 g/mol. The van der Waals surface area contributed by atoms with Gasteiger partial charge in [0.1, 0.15) is 11.6 Å². The highest BCUT2D eigenvalue weighted by molar-refractivity contribution is 5.55. The van der Waals surface area contributed by atoms with Crippen molar-refractivity contribution in [3.05, 3.63) is 54.0 Å². The van der Waals surface area contributed by atoms with Crippen LogP contribution < -0.4 is 5.32 Å². The maximum Gasteiger partial charge on any atom is 0.141 e. The zero-order valence-corrected chi connectivity index (χ0v) is 8.37. The maximum atomic E-state index is 12.6. The number of hydrogen-bond acceptors (Lipinski definition) is 2. The summed E-state index contributed by atoms with van der Waals surface area (Å²) in [4.78, 5) is 3.91. The molecule has 2 nitrogen and oxygen atoms in total. The van der Waals surface area contributed by atoms with Crippen LogP contribution in [0.4, 0.5) is 15.9 Å². The van der Waals surface area contributed by atoms with Crippen molar-refractivity contribution in [2.75, 3.05) is 5.32 Å². The molecule has 0 bridgehead atoms. The molecule has 0 spiro atoms. The number of anilines is 2. The molecular formula is C12H11FN2. The van der Waals surface area contributed by atoms with E-state index in [2.05, 4.69) is 10.3 Å². The lowest BCUT2D eigenvalue weighted by Gasteiger charge is -2.05. The van der Waals surface area contributed by atoms with E-state index < -0.39 is 0 Å². The molecule has 0 fully saturated rings. The first-order valence-corrected chi connectivity index (χ1v) is 4.69. The van der Waals surface area contributed by atoms with Crippen molar-refractivity contribution in [1.29, 1.82) is 0 Å². The van der Waals surface area contributed by atoms with Gasteiger partial charge in [0, 0.05) is 5.69 Å². The third-order valence-electron chi connectivity index (χ3n) is 2.05. The van der Waals surface area contributed by atoms with E-state index in [0.29, 0.717) is 5.82 Å². The number of aryl methyl sites for hydroxylation is 1. The smallest absolute Gasteiger partial charge is 0.141 e. The number of nitrogens with zero attached hydrogens (tertiary/aromatic N) is 1. The van der Waals surface area contributed by atoms with Crippen LogP contribution in [0.5, 0.6) is 0 Å². The van der Waals surface area contributed by atoms with E-state index in [4.69, 9.17) is 0 Å². The Morgan fingerprint density at radius 2 is 1.80 bits per heavy atom. The predicted octanol–water partition coefficient (Wildman–Crippen LogP) is 3.27. The summed E-state index contributed by atoms with van der Waals surface area (Å²) >= 11 is 0. The number of hydrogen-bond donors (Lipinski definition) is 1. The molecule has 0 aliphatic rings. The summed E-state index contributed by atoms with van der Waals surface area (Å²) in [6, 6.07) is 10.9. The minimum Gasteiger partial charge on any atom is -0.340 e. The second-order valence-electron chi connectivity index (χ2n) is 3.35.